The molecular formula is C12H19N3O2. The Morgan fingerprint density at radius 1 is 1.47 bits per heavy atom. The average molecular weight is 237 g/mol. The second kappa shape index (κ2) is 4.38. The summed E-state index contributed by atoms with van der Waals surface area (Å²) in [4.78, 5) is 4.49. The molecule has 2 aliphatic rings. The first kappa shape index (κ1) is 11.2. The first-order chi connectivity index (χ1) is 8.26. The number of rotatable bonds is 4. The molecule has 3 heterocycles. The molecule has 0 spiro atoms. The van der Waals surface area contributed by atoms with Gasteiger partial charge in [-0.15, -0.1) is 0 Å². The standard InChI is InChI=1S/C12H19N3O2/c1-7(6-13)4-11-14-12(15-17-11)9-5-8-2-3-10(9)16-8/h7-10H,2-6,13H2,1H3. The van der Waals surface area contributed by atoms with Gasteiger partial charge in [0, 0.05) is 6.42 Å². The Morgan fingerprint density at radius 2 is 2.35 bits per heavy atom. The molecule has 2 aliphatic heterocycles. The van der Waals surface area contributed by atoms with E-state index in [4.69, 9.17) is 15.0 Å². The zero-order valence-corrected chi connectivity index (χ0v) is 10.1. The van der Waals surface area contributed by atoms with Crippen molar-refractivity contribution in [3.05, 3.63) is 11.7 Å². The largest absolute Gasteiger partial charge is 0.374 e. The van der Waals surface area contributed by atoms with Crippen molar-refractivity contribution in [1.29, 1.82) is 0 Å². The van der Waals surface area contributed by atoms with Gasteiger partial charge in [0.25, 0.3) is 0 Å². The van der Waals surface area contributed by atoms with Crippen molar-refractivity contribution in [2.75, 3.05) is 6.54 Å². The van der Waals surface area contributed by atoms with E-state index in [1.165, 1.54) is 6.42 Å². The summed E-state index contributed by atoms with van der Waals surface area (Å²) in [6.45, 7) is 2.74. The van der Waals surface area contributed by atoms with Gasteiger partial charge >= 0.3 is 0 Å². The van der Waals surface area contributed by atoms with Gasteiger partial charge in [0.2, 0.25) is 5.89 Å². The maximum absolute atomic E-state index is 5.81. The first-order valence-corrected chi connectivity index (χ1v) is 6.44. The van der Waals surface area contributed by atoms with Crippen LogP contribution in [-0.4, -0.2) is 28.9 Å². The highest BCUT2D eigenvalue weighted by atomic mass is 16.5. The van der Waals surface area contributed by atoms with E-state index < -0.39 is 0 Å². The Balaban J connectivity index is 1.68. The normalized spacial score (nSPS) is 33.2. The van der Waals surface area contributed by atoms with Gasteiger partial charge in [-0.3, -0.25) is 0 Å². The molecule has 1 aromatic rings. The summed E-state index contributed by atoms with van der Waals surface area (Å²) in [5.74, 6) is 2.27. The summed E-state index contributed by atoms with van der Waals surface area (Å²) in [5.41, 5.74) is 5.59. The van der Waals surface area contributed by atoms with Crippen LogP contribution in [0.15, 0.2) is 4.52 Å². The second-order valence-corrected chi connectivity index (χ2v) is 5.31. The Bertz CT molecular complexity index is 393. The maximum Gasteiger partial charge on any atom is 0.226 e. The molecule has 3 rings (SSSR count). The van der Waals surface area contributed by atoms with E-state index in [2.05, 4.69) is 17.1 Å². The van der Waals surface area contributed by atoms with Gasteiger partial charge in [-0.2, -0.15) is 4.98 Å². The number of nitrogens with two attached hydrogens (primary N) is 1. The van der Waals surface area contributed by atoms with Gasteiger partial charge in [-0.25, -0.2) is 0 Å². The zero-order valence-electron chi connectivity index (χ0n) is 10.1. The second-order valence-electron chi connectivity index (χ2n) is 5.31. The van der Waals surface area contributed by atoms with E-state index in [1.54, 1.807) is 0 Å². The maximum atomic E-state index is 5.81. The Morgan fingerprint density at radius 3 is 3.00 bits per heavy atom. The number of nitrogens with zero attached hydrogens (tertiary/aromatic N) is 2. The van der Waals surface area contributed by atoms with Crippen LogP contribution in [0.25, 0.3) is 0 Å². The fourth-order valence-corrected chi connectivity index (χ4v) is 2.79. The van der Waals surface area contributed by atoms with Crippen LogP contribution in [0.4, 0.5) is 0 Å². The number of ether oxygens (including phenoxy) is 1. The molecule has 2 fully saturated rings. The highest BCUT2D eigenvalue weighted by Crippen LogP contribution is 2.43. The number of aromatic nitrogens is 2. The lowest BCUT2D eigenvalue weighted by atomic mass is 9.89. The van der Waals surface area contributed by atoms with Crippen molar-refractivity contribution in [2.45, 2.75) is 50.7 Å². The molecule has 2 bridgehead atoms. The van der Waals surface area contributed by atoms with Crippen molar-refractivity contribution in [3.8, 4) is 0 Å². The van der Waals surface area contributed by atoms with Crippen molar-refractivity contribution in [2.24, 2.45) is 11.7 Å². The molecule has 1 aromatic heterocycles. The van der Waals surface area contributed by atoms with Crippen LogP contribution in [0.2, 0.25) is 0 Å². The average Bonchev–Trinajstić information content (AvgIpc) is 3.03. The third kappa shape index (κ3) is 2.09. The van der Waals surface area contributed by atoms with Gasteiger partial charge in [-0.1, -0.05) is 12.1 Å². The lowest BCUT2D eigenvalue weighted by molar-refractivity contribution is 0.0996. The molecule has 5 nitrogen and oxygen atoms in total. The summed E-state index contributed by atoms with van der Waals surface area (Å²) < 4.78 is 11.1. The number of hydrogen-bond acceptors (Lipinski definition) is 5. The Hall–Kier alpha value is -0.940. The van der Waals surface area contributed by atoms with Crippen LogP contribution in [0, 0.1) is 5.92 Å². The number of hydrogen-bond donors (Lipinski definition) is 1. The molecule has 2 N–H and O–H groups in total. The lowest BCUT2D eigenvalue weighted by Gasteiger charge is -2.13. The monoisotopic (exact) mass is 237 g/mol. The van der Waals surface area contributed by atoms with Gasteiger partial charge in [0.15, 0.2) is 5.82 Å². The van der Waals surface area contributed by atoms with Crippen molar-refractivity contribution in [3.63, 3.8) is 0 Å². The van der Waals surface area contributed by atoms with Crippen molar-refractivity contribution in [1.82, 2.24) is 10.1 Å². The highest BCUT2D eigenvalue weighted by Gasteiger charge is 2.43. The fraction of sp³-hybridized carbons (Fsp3) is 0.833. The van der Waals surface area contributed by atoms with E-state index in [-0.39, 0.29) is 0 Å². The quantitative estimate of drug-likeness (QED) is 0.852. The van der Waals surface area contributed by atoms with E-state index in [1.807, 2.05) is 0 Å². The summed E-state index contributed by atoms with van der Waals surface area (Å²) in [5, 5.41) is 4.10. The Labute approximate surface area is 101 Å². The lowest BCUT2D eigenvalue weighted by Crippen LogP contribution is -2.16. The molecule has 5 heteroatoms. The minimum absolute atomic E-state index is 0.317. The van der Waals surface area contributed by atoms with Crippen LogP contribution < -0.4 is 5.73 Å². The predicted molar refractivity (Wildman–Crippen MR) is 61.5 cm³/mol. The van der Waals surface area contributed by atoms with Gasteiger partial charge in [0.1, 0.15) is 0 Å². The SMILES string of the molecule is CC(CN)Cc1nc(C2CC3CCC2O3)no1. The molecule has 4 unspecified atom stereocenters. The van der Waals surface area contributed by atoms with Crippen LogP contribution in [-0.2, 0) is 11.2 Å². The Kier molecular flexibility index (Phi) is 2.88. The molecular weight excluding hydrogens is 218 g/mol. The molecule has 0 aromatic carbocycles. The van der Waals surface area contributed by atoms with E-state index in [0.717, 1.165) is 25.1 Å². The first-order valence-electron chi connectivity index (χ1n) is 6.44. The predicted octanol–water partition coefficient (Wildman–Crippen LogP) is 1.24. The van der Waals surface area contributed by atoms with E-state index in [0.29, 0.717) is 36.5 Å². The summed E-state index contributed by atoms with van der Waals surface area (Å²) in [7, 11) is 0. The van der Waals surface area contributed by atoms with E-state index >= 15 is 0 Å². The van der Waals surface area contributed by atoms with Gasteiger partial charge in [-0.05, 0) is 31.7 Å². The molecule has 0 aliphatic carbocycles. The fourth-order valence-electron chi connectivity index (χ4n) is 2.79. The van der Waals surface area contributed by atoms with Crippen LogP contribution >= 0.6 is 0 Å². The molecule has 4 atom stereocenters. The van der Waals surface area contributed by atoms with Crippen LogP contribution in [0.1, 0.15) is 43.8 Å². The molecule has 17 heavy (non-hydrogen) atoms. The number of fused-ring (bicyclic) bond motifs is 2. The summed E-state index contributed by atoms with van der Waals surface area (Å²) >= 11 is 0. The minimum atomic E-state index is 0.317. The van der Waals surface area contributed by atoms with E-state index in [9.17, 15) is 0 Å². The minimum Gasteiger partial charge on any atom is -0.374 e. The van der Waals surface area contributed by atoms with Gasteiger partial charge < -0.3 is 15.0 Å². The van der Waals surface area contributed by atoms with Crippen LogP contribution in [0.3, 0.4) is 0 Å². The van der Waals surface area contributed by atoms with Crippen molar-refractivity contribution >= 4 is 0 Å². The molecule has 2 saturated heterocycles. The van der Waals surface area contributed by atoms with Crippen molar-refractivity contribution < 1.29 is 9.26 Å². The van der Waals surface area contributed by atoms with Gasteiger partial charge in [0.05, 0.1) is 18.1 Å². The molecule has 0 amide bonds. The molecule has 0 saturated carbocycles. The van der Waals surface area contributed by atoms with Crippen LogP contribution in [0.5, 0.6) is 0 Å². The molecule has 94 valence electrons. The molecule has 0 radical (unpaired) electrons. The topological polar surface area (TPSA) is 74.2 Å². The summed E-state index contributed by atoms with van der Waals surface area (Å²) in [6.07, 6.45) is 4.89. The summed E-state index contributed by atoms with van der Waals surface area (Å²) in [6, 6.07) is 0. The smallest absolute Gasteiger partial charge is 0.226 e. The third-order valence-corrected chi connectivity index (χ3v) is 3.85. The third-order valence-electron chi connectivity index (χ3n) is 3.85. The highest BCUT2D eigenvalue weighted by molar-refractivity contribution is 5.06. The zero-order chi connectivity index (χ0) is 11.8.